The Morgan fingerprint density at radius 1 is 1.16 bits per heavy atom. The van der Waals surface area contributed by atoms with Gasteiger partial charge in [-0.05, 0) is 24.1 Å². The topological polar surface area (TPSA) is 69.9 Å². The van der Waals surface area contributed by atoms with E-state index in [-0.39, 0.29) is 25.4 Å². The summed E-state index contributed by atoms with van der Waals surface area (Å²) in [4.78, 5) is 0. The van der Waals surface area contributed by atoms with Crippen LogP contribution in [-0.2, 0) is 11.3 Å². The number of aromatic hydroxyl groups is 1. The van der Waals surface area contributed by atoms with Crippen LogP contribution in [0.25, 0.3) is 0 Å². The molecule has 0 saturated carbocycles. The molecule has 0 bridgehead atoms. The van der Waals surface area contributed by atoms with Crippen molar-refractivity contribution < 1.29 is 33.2 Å². The van der Waals surface area contributed by atoms with E-state index in [1.54, 1.807) is 12.1 Å². The zero-order valence-electron chi connectivity index (χ0n) is 10.0. The molecule has 0 unspecified atom stereocenters. The number of alkyl halides is 3. The summed E-state index contributed by atoms with van der Waals surface area (Å²) in [5.74, 6) is -3.61. The lowest BCUT2D eigenvalue weighted by Crippen LogP contribution is -2.45. The van der Waals surface area contributed by atoms with Crippen molar-refractivity contribution in [1.82, 2.24) is 0 Å². The summed E-state index contributed by atoms with van der Waals surface area (Å²) in [6, 6.07) is 6.26. The second kappa shape index (κ2) is 6.23. The van der Waals surface area contributed by atoms with Crippen LogP contribution in [0.3, 0.4) is 0 Å². The molecule has 19 heavy (non-hydrogen) atoms. The van der Waals surface area contributed by atoms with Gasteiger partial charge in [0.05, 0.1) is 6.61 Å². The van der Waals surface area contributed by atoms with E-state index in [0.29, 0.717) is 5.56 Å². The van der Waals surface area contributed by atoms with Crippen LogP contribution in [0.15, 0.2) is 24.3 Å². The third-order valence-electron chi connectivity index (χ3n) is 2.45. The number of benzene rings is 1. The second-order valence-corrected chi connectivity index (χ2v) is 4.14. The highest BCUT2D eigenvalue weighted by molar-refractivity contribution is 5.26. The number of phenolic OH excluding ortho intramolecular Hbond substituents is 1. The molecule has 0 aliphatic heterocycles. The molecule has 0 aliphatic rings. The largest absolute Gasteiger partial charge is 0.508 e. The van der Waals surface area contributed by atoms with Gasteiger partial charge in [-0.3, -0.25) is 0 Å². The number of phenols is 1. The van der Waals surface area contributed by atoms with Gasteiger partial charge < -0.3 is 20.1 Å². The number of ether oxygens (including phenoxy) is 1. The first-order valence-corrected chi connectivity index (χ1v) is 5.59. The fourth-order valence-corrected chi connectivity index (χ4v) is 1.40. The van der Waals surface area contributed by atoms with Crippen molar-refractivity contribution in [1.29, 1.82) is 0 Å². The van der Waals surface area contributed by atoms with Crippen molar-refractivity contribution in [2.75, 3.05) is 6.61 Å². The molecule has 0 spiro atoms. The normalized spacial score (nSPS) is 12.7. The van der Waals surface area contributed by atoms with E-state index in [4.69, 9.17) is 20.1 Å². The predicted molar refractivity (Wildman–Crippen MR) is 60.2 cm³/mol. The Morgan fingerprint density at radius 2 is 1.84 bits per heavy atom. The molecule has 0 amide bonds. The highest BCUT2D eigenvalue weighted by Gasteiger charge is 2.52. The first kappa shape index (κ1) is 15.7. The van der Waals surface area contributed by atoms with Crippen LogP contribution >= 0.6 is 0 Å². The summed E-state index contributed by atoms with van der Waals surface area (Å²) in [6.07, 6.45) is -6.07. The van der Waals surface area contributed by atoms with Gasteiger partial charge in [-0.2, -0.15) is 13.2 Å². The van der Waals surface area contributed by atoms with Gasteiger partial charge in [0, 0.05) is 13.0 Å². The molecule has 0 radical (unpaired) electrons. The Hall–Kier alpha value is -1.31. The summed E-state index contributed by atoms with van der Waals surface area (Å²) < 4.78 is 41.3. The minimum Gasteiger partial charge on any atom is -0.508 e. The van der Waals surface area contributed by atoms with E-state index >= 15 is 0 Å². The molecule has 4 nitrogen and oxygen atoms in total. The molecule has 108 valence electrons. The van der Waals surface area contributed by atoms with Gasteiger partial charge in [-0.25, -0.2) is 0 Å². The lowest BCUT2D eigenvalue weighted by atomic mass is 10.1. The molecular weight excluding hydrogens is 265 g/mol. The molecule has 0 saturated heterocycles. The zero-order chi connectivity index (χ0) is 14.5. The average Bonchev–Trinajstić information content (AvgIpc) is 2.27. The maximum absolute atomic E-state index is 12.1. The Balaban J connectivity index is 2.25. The standard InChI is InChI=1S/C12H15F3O4/c13-12(14,15)11(17,18)5-2-6-19-8-9-3-1-4-10(16)7-9/h1,3-4,7,16-18H,2,5-6,8H2. The van der Waals surface area contributed by atoms with Gasteiger partial charge in [0.2, 0.25) is 0 Å². The first-order valence-electron chi connectivity index (χ1n) is 5.59. The molecule has 3 N–H and O–H groups in total. The maximum Gasteiger partial charge on any atom is 0.442 e. The van der Waals surface area contributed by atoms with Crippen LogP contribution in [0.1, 0.15) is 18.4 Å². The number of aliphatic hydroxyl groups is 2. The van der Waals surface area contributed by atoms with E-state index in [1.807, 2.05) is 0 Å². The minimum atomic E-state index is -5.07. The van der Waals surface area contributed by atoms with Gasteiger partial charge >= 0.3 is 6.18 Å². The molecule has 7 heteroatoms. The monoisotopic (exact) mass is 280 g/mol. The minimum absolute atomic E-state index is 0.0470. The third-order valence-corrected chi connectivity index (χ3v) is 2.45. The number of rotatable bonds is 6. The fraction of sp³-hybridized carbons (Fsp3) is 0.500. The Morgan fingerprint density at radius 3 is 2.42 bits per heavy atom. The molecule has 0 heterocycles. The Kier molecular flexibility index (Phi) is 5.16. The van der Waals surface area contributed by atoms with Crippen LogP contribution in [0, 0.1) is 0 Å². The third kappa shape index (κ3) is 5.06. The fourth-order valence-electron chi connectivity index (χ4n) is 1.40. The van der Waals surface area contributed by atoms with Gasteiger partial charge in [0.1, 0.15) is 5.75 Å². The molecule has 1 aromatic carbocycles. The molecule has 0 fully saturated rings. The van der Waals surface area contributed by atoms with Crippen LogP contribution < -0.4 is 0 Å². The zero-order valence-corrected chi connectivity index (χ0v) is 10.0. The van der Waals surface area contributed by atoms with Crippen LogP contribution in [0.4, 0.5) is 13.2 Å². The summed E-state index contributed by atoms with van der Waals surface area (Å²) >= 11 is 0. The van der Waals surface area contributed by atoms with Crippen molar-refractivity contribution >= 4 is 0 Å². The highest BCUT2D eigenvalue weighted by Crippen LogP contribution is 2.31. The van der Waals surface area contributed by atoms with Crippen molar-refractivity contribution in [3.63, 3.8) is 0 Å². The molecule has 1 rings (SSSR count). The summed E-state index contributed by atoms with van der Waals surface area (Å²) in [7, 11) is 0. The second-order valence-electron chi connectivity index (χ2n) is 4.14. The number of hydrogen-bond donors (Lipinski definition) is 3. The van der Waals surface area contributed by atoms with E-state index in [1.165, 1.54) is 12.1 Å². The lowest BCUT2D eigenvalue weighted by Gasteiger charge is -2.24. The van der Waals surface area contributed by atoms with Gasteiger partial charge in [0.25, 0.3) is 5.79 Å². The number of halogens is 3. The number of hydrogen-bond acceptors (Lipinski definition) is 4. The molecule has 0 aromatic heterocycles. The summed E-state index contributed by atoms with van der Waals surface area (Å²) in [5, 5.41) is 26.7. The Labute approximate surface area is 108 Å². The first-order chi connectivity index (χ1) is 8.72. The maximum atomic E-state index is 12.1. The average molecular weight is 280 g/mol. The van der Waals surface area contributed by atoms with Gasteiger partial charge in [-0.1, -0.05) is 12.1 Å². The SMILES string of the molecule is Oc1cccc(COCCCC(O)(O)C(F)(F)F)c1. The van der Waals surface area contributed by atoms with E-state index in [0.717, 1.165) is 0 Å². The molecule has 0 aliphatic carbocycles. The van der Waals surface area contributed by atoms with Crippen molar-refractivity contribution in [3.05, 3.63) is 29.8 Å². The summed E-state index contributed by atoms with van der Waals surface area (Å²) in [5.41, 5.74) is 0.676. The van der Waals surface area contributed by atoms with E-state index in [2.05, 4.69) is 0 Å². The van der Waals surface area contributed by atoms with Gasteiger partial charge in [0.15, 0.2) is 0 Å². The molecular formula is C12H15F3O4. The highest BCUT2D eigenvalue weighted by atomic mass is 19.4. The molecule has 1 aromatic rings. The van der Waals surface area contributed by atoms with E-state index < -0.39 is 18.4 Å². The quantitative estimate of drug-likeness (QED) is 0.550. The van der Waals surface area contributed by atoms with Gasteiger partial charge in [-0.15, -0.1) is 0 Å². The van der Waals surface area contributed by atoms with Crippen LogP contribution in [0.2, 0.25) is 0 Å². The lowest BCUT2D eigenvalue weighted by molar-refractivity contribution is -0.351. The van der Waals surface area contributed by atoms with Crippen molar-refractivity contribution in [3.8, 4) is 5.75 Å². The predicted octanol–water partition coefficient (Wildman–Crippen LogP) is 1.93. The Bertz CT molecular complexity index is 404. The van der Waals surface area contributed by atoms with Crippen molar-refractivity contribution in [2.45, 2.75) is 31.4 Å². The van der Waals surface area contributed by atoms with Crippen LogP contribution in [-0.4, -0.2) is 33.9 Å². The van der Waals surface area contributed by atoms with Crippen molar-refractivity contribution in [2.24, 2.45) is 0 Å². The van der Waals surface area contributed by atoms with E-state index in [9.17, 15) is 13.2 Å². The smallest absolute Gasteiger partial charge is 0.442 e. The summed E-state index contributed by atoms with van der Waals surface area (Å²) in [6.45, 7) is 0.0822. The molecule has 0 atom stereocenters. The van der Waals surface area contributed by atoms with Crippen LogP contribution in [0.5, 0.6) is 5.75 Å².